The smallest absolute Gasteiger partial charge is 0.330 e. The van der Waals surface area contributed by atoms with Crippen molar-refractivity contribution < 1.29 is 23.8 Å². The molecule has 0 amide bonds. The Kier molecular flexibility index (Phi) is 6.37. The highest BCUT2D eigenvalue weighted by Gasteiger charge is 2.50. The first-order chi connectivity index (χ1) is 15.0. The van der Waals surface area contributed by atoms with Crippen LogP contribution in [-0.4, -0.2) is 57.3 Å². The summed E-state index contributed by atoms with van der Waals surface area (Å²) in [6.45, 7) is 2.08. The lowest BCUT2D eigenvalue weighted by atomic mass is 9.58. The van der Waals surface area contributed by atoms with Crippen LogP contribution in [0.2, 0.25) is 0 Å². The minimum atomic E-state index is -0.308. The molecule has 1 aromatic rings. The molecular weight excluding hydrogens is 394 g/mol. The third-order valence-electron chi connectivity index (χ3n) is 7.30. The van der Waals surface area contributed by atoms with Crippen LogP contribution in [0.25, 0.3) is 0 Å². The lowest BCUT2D eigenvalue weighted by molar-refractivity contribution is -0.141. The zero-order chi connectivity index (χ0) is 22.0. The van der Waals surface area contributed by atoms with Crippen molar-refractivity contribution in [3.8, 4) is 5.75 Å². The molecule has 31 heavy (non-hydrogen) atoms. The average Bonchev–Trinajstić information content (AvgIpc) is 3.60. The van der Waals surface area contributed by atoms with Crippen molar-refractivity contribution in [3.63, 3.8) is 0 Å². The number of benzene rings is 1. The number of esters is 2. The Morgan fingerprint density at radius 3 is 2.68 bits per heavy atom. The Morgan fingerprint density at radius 2 is 2.00 bits per heavy atom. The number of hydrogen-bond acceptors (Lipinski definition) is 6. The van der Waals surface area contributed by atoms with Crippen molar-refractivity contribution in [3.05, 3.63) is 41.0 Å². The van der Waals surface area contributed by atoms with Gasteiger partial charge in [0.25, 0.3) is 0 Å². The molecule has 6 nitrogen and oxygen atoms in total. The Hall–Kier alpha value is -2.34. The van der Waals surface area contributed by atoms with Crippen LogP contribution in [0, 0.1) is 5.92 Å². The highest BCUT2D eigenvalue weighted by atomic mass is 16.5. The molecule has 0 aromatic heterocycles. The second-order valence-electron chi connectivity index (χ2n) is 9.07. The number of carbonyl (C=O) groups excluding carboxylic acids is 2. The summed E-state index contributed by atoms with van der Waals surface area (Å²) >= 11 is 0. The van der Waals surface area contributed by atoms with Gasteiger partial charge in [-0.3, -0.25) is 9.69 Å². The Morgan fingerprint density at radius 1 is 1.19 bits per heavy atom. The van der Waals surface area contributed by atoms with Crippen molar-refractivity contribution >= 4 is 11.9 Å². The van der Waals surface area contributed by atoms with Crippen LogP contribution >= 0.6 is 0 Å². The number of ether oxygens (including phenoxy) is 3. The molecule has 1 aromatic carbocycles. The molecule has 1 aliphatic heterocycles. The summed E-state index contributed by atoms with van der Waals surface area (Å²) in [6, 6.07) is 6.51. The van der Waals surface area contributed by atoms with Gasteiger partial charge in [0, 0.05) is 30.5 Å². The van der Waals surface area contributed by atoms with Crippen LogP contribution in [-0.2, 0) is 30.9 Å². The first-order valence-electron chi connectivity index (χ1n) is 11.3. The van der Waals surface area contributed by atoms with Crippen LogP contribution in [0.3, 0.4) is 0 Å². The molecule has 168 valence electrons. The number of fused-ring (bicyclic) bond motifs is 4. The van der Waals surface area contributed by atoms with Gasteiger partial charge >= 0.3 is 11.9 Å². The molecule has 2 aliphatic carbocycles. The number of piperidine rings is 1. The van der Waals surface area contributed by atoms with Crippen LogP contribution in [0.4, 0.5) is 0 Å². The van der Waals surface area contributed by atoms with Crippen molar-refractivity contribution in [2.75, 3.05) is 34.4 Å². The summed E-state index contributed by atoms with van der Waals surface area (Å²) in [6.07, 6.45) is 8.00. The van der Waals surface area contributed by atoms with Gasteiger partial charge in [-0.1, -0.05) is 6.07 Å². The molecule has 6 heteroatoms. The maximum absolute atomic E-state index is 12.4. The number of methoxy groups -OCH3 is 3. The van der Waals surface area contributed by atoms with Gasteiger partial charge in [0.05, 0.1) is 21.3 Å². The second kappa shape index (κ2) is 9.03. The van der Waals surface area contributed by atoms with E-state index in [0.717, 1.165) is 49.6 Å². The third kappa shape index (κ3) is 4.36. The van der Waals surface area contributed by atoms with Gasteiger partial charge in [0.2, 0.25) is 0 Å². The van der Waals surface area contributed by atoms with E-state index in [4.69, 9.17) is 14.2 Å². The Balaban J connectivity index is 1.77. The molecule has 1 heterocycles. The molecule has 4 rings (SSSR count). The first kappa shape index (κ1) is 21.9. The molecule has 1 saturated carbocycles. The molecule has 0 spiro atoms. The molecule has 2 atom stereocenters. The van der Waals surface area contributed by atoms with Crippen molar-refractivity contribution in [1.29, 1.82) is 0 Å². The summed E-state index contributed by atoms with van der Waals surface area (Å²) in [5.74, 6) is 1.10. The Labute approximate surface area is 184 Å². The monoisotopic (exact) mass is 427 g/mol. The van der Waals surface area contributed by atoms with Gasteiger partial charge in [-0.25, -0.2) is 4.79 Å². The molecule has 3 aliphatic rings. The lowest BCUT2D eigenvalue weighted by Gasteiger charge is -2.54. The second-order valence-corrected chi connectivity index (χ2v) is 9.07. The maximum Gasteiger partial charge on any atom is 0.330 e. The normalized spacial score (nSPS) is 26.3. The van der Waals surface area contributed by atoms with Crippen molar-refractivity contribution in [2.45, 2.75) is 56.4 Å². The number of likely N-dealkylation sites (tertiary alicyclic amines) is 1. The largest absolute Gasteiger partial charge is 0.497 e. The fourth-order valence-electron chi connectivity index (χ4n) is 5.51. The van der Waals surface area contributed by atoms with Crippen LogP contribution in [0.5, 0.6) is 5.75 Å². The summed E-state index contributed by atoms with van der Waals surface area (Å²) in [5.41, 5.74) is 3.38. The molecule has 0 N–H and O–H groups in total. The lowest BCUT2D eigenvalue weighted by Crippen LogP contribution is -2.55. The van der Waals surface area contributed by atoms with Crippen LogP contribution in [0.1, 0.15) is 49.7 Å². The Bertz CT molecular complexity index is 875. The summed E-state index contributed by atoms with van der Waals surface area (Å²) in [5, 5.41) is 0. The highest BCUT2D eigenvalue weighted by molar-refractivity contribution is 5.84. The standard InChI is InChI=1S/C25H33NO5/c1-29-19-9-8-18-13-22-21(15-24(28)31-3)25(20(18)14-19,10-4-5-23(27)30-2)11-12-26(22)16-17-6-7-17/h8-9,14-15,17,22H,4-7,10-13,16H2,1-3H3/b21-15+/t22-,25+/m1/s1. The molecule has 2 fully saturated rings. The number of hydrogen-bond donors (Lipinski definition) is 0. The van der Waals surface area contributed by atoms with Crippen LogP contribution in [0.15, 0.2) is 29.8 Å². The molecule has 1 saturated heterocycles. The predicted octanol–water partition coefficient (Wildman–Crippen LogP) is 3.42. The highest BCUT2D eigenvalue weighted by Crippen LogP contribution is 2.53. The quantitative estimate of drug-likeness (QED) is 0.468. The third-order valence-corrected chi connectivity index (χ3v) is 7.30. The van der Waals surface area contributed by atoms with E-state index in [1.54, 1.807) is 13.2 Å². The van der Waals surface area contributed by atoms with E-state index in [2.05, 4.69) is 17.0 Å². The van der Waals surface area contributed by atoms with Gasteiger partial charge in [-0.05, 0) is 79.8 Å². The van der Waals surface area contributed by atoms with Crippen molar-refractivity contribution in [2.24, 2.45) is 5.92 Å². The average molecular weight is 428 g/mol. The number of nitrogens with zero attached hydrogens (tertiary/aromatic N) is 1. The predicted molar refractivity (Wildman–Crippen MR) is 117 cm³/mol. The fraction of sp³-hybridized carbons (Fsp3) is 0.600. The molecule has 0 radical (unpaired) electrons. The van der Waals surface area contributed by atoms with E-state index in [9.17, 15) is 9.59 Å². The van der Waals surface area contributed by atoms with E-state index in [-0.39, 0.29) is 23.4 Å². The summed E-state index contributed by atoms with van der Waals surface area (Å²) in [7, 11) is 4.54. The van der Waals surface area contributed by atoms with Gasteiger partial charge in [-0.15, -0.1) is 0 Å². The molecular formula is C25H33NO5. The summed E-state index contributed by atoms with van der Waals surface area (Å²) < 4.78 is 15.5. The van der Waals surface area contributed by atoms with Gasteiger partial charge < -0.3 is 14.2 Å². The zero-order valence-electron chi connectivity index (χ0n) is 18.8. The molecule has 0 unspecified atom stereocenters. The van der Waals surface area contributed by atoms with Crippen LogP contribution < -0.4 is 4.74 Å². The number of rotatable bonds is 8. The van der Waals surface area contributed by atoms with E-state index in [1.165, 1.54) is 38.2 Å². The first-order valence-corrected chi connectivity index (χ1v) is 11.3. The minimum Gasteiger partial charge on any atom is -0.497 e. The van der Waals surface area contributed by atoms with E-state index < -0.39 is 0 Å². The van der Waals surface area contributed by atoms with Gasteiger partial charge in [0.15, 0.2) is 0 Å². The van der Waals surface area contributed by atoms with Gasteiger partial charge in [0.1, 0.15) is 5.75 Å². The van der Waals surface area contributed by atoms with E-state index in [0.29, 0.717) is 12.8 Å². The fourth-order valence-corrected chi connectivity index (χ4v) is 5.51. The SMILES string of the molecule is COC(=O)/C=C1\[C@H]2Cc3ccc(OC)cc3[C@]1(CCCC(=O)OC)CCN2CC1CC1. The topological polar surface area (TPSA) is 65.1 Å². The molecule has 2 bridgehead atoms. The minimum absolute atomic E-state index is 0.187. The van der Waals surface area contributed by atoms with Crippen molar-refractivity contribution in [1.82, 2.24) is 4.90 Å². The summed E-state index contributed by atoms with van der Waals surface area (Å²) in [4.78, 5) is 26.8. The zero-order valence-corrected chi connectivity index (χ0v) is 18.8. The van der Waals surface area contributed by atoms with E-state index in [1.807, 2.05) is 6.07 Å². The maximum atomic E-state index is 12.4. The van der Waals surface area contributed by atoms with Gasteiger partial charge in [-0.2, -0.15) is 0 Å². The number of carbonyl (C=O) groups is 2. The van der Waals surface area contributed by atoms with E-state index >= 15 is 0 Å².